The van der Waals surface area contributed by atoms with Gasteiger partial charge in [0.2, 0.25) is 0 Å². The molecule has 0 saturated carbocycles. The Kier molecular flexibility index (Phi) is 3.62. The number of benzene rings is 1. The quantitative estimate of drug-likeness (QED) is 0.759. The highest BCUT2D eigenvalue weighted by Gasteiger charge is 2.18. The second-order valence-corrected chi connectivity index (χ2v) is 3.94. The van der Waals surface area contributed by atoms with E-state index in [9.17, 15) is 0 Å². The highest BCUT2D eigenvalue weighted by Crippen LogP contribution is 2.26. The minimum absolute atomic E-state index is 0.325. The standard InChI is InChI=1S/C13H18NO/c1-2-9-14-10-12-8-7-11-5-3-4-6-13(11)15-12/h3-6,12,14H,1-2,7-10H2/t12-/m1/s1. The van der Waals surface area contributed by atoms with Gasteiger partial charge in [0.1, 0.15) is 11.9 Å². The van der Waals surface area contributed by atoms with Crippen molar-refractivity contribution in [3.05, 3.63) is 36.8 Å². The van der Waals surface area contributed by atoms with Gasteiger partial charge in [-0.05, 0) is 37.4 Å². The molecule has 0 spiro atoms. The van der Waals surface area contributed by atoms with Crippen molar-refractivity contribution in [1.29, 1.82) is 0 Å². The molecule has 0 aliphatic carbocycles. The molecule has 1 aromatic rings. The van der Waals surface area contributed by atoms with E-state index in [0.29, 0.717) is 6.10 Å². The first-order chi connectivity index (χ1) is 7.40. The highest BCUT2D eigenvalue weighted by molar-refractivity contribution is 5.35. The van der Waals surface area contributed by atoms with Gasteiger partial charge >= 0.3 is 0 Å². The van der Waals surface area contributed by atoms with Gasteiger partial charge in [-0.3, -0.25) is 0 Å². The molecule has 2 rings (SSSR count). The smallest absolute Gasteiger partial charge is 0.122 e. The minimum Gasteiger partial charge on any atom is -0.489 e. The Bertz CT molecular complexity index is 311. The summed E-state index contributed by atoms with van der Waals surface area (Å²) < 4.78 is 5.90. The summed E-state index contributed by atoms with van der Waals surface area (Å²) in [5.74, 6) is 1.06. The van der Waals surface area contributed by atoms with Gasteiger partial charge in [-0.1, -0.05) is 25.1 Å². The van der Waals surface area contributed by atoms with Crippen LogP contribution in [0.25, 0.3) is 0 Å². The lowest BCUT2D eigenvalue weighted by Gasteiger charge is -2.26. The molecule has 1 radical (unpaired) electrons. The van der Waals surface area contributed by atoms with Gasteiger partial charge in [-0.25, -0.2) is 0 Å². The molecule has 1 heterocycles. The van der Waals surface area contributed by atoms with E-state index in [1.165, 1.54) is 5.56 Å². The molecule has 2 heteroatoms. The third-order valence-electron chi connectivity index (χ3n) is 2.73. The van der Waals surface area contributed by atoms with E-state index in [0.717, 1.165) is 38.1 Å². The van der Waals surface area contributed by atoms with Crippen molar-refractivity contribution in [3.63, 3.8) is 0 Å². The summed E-state index contributed by atoms with van der Waals surface area (Å²) in [6.45, 7) is 5.71. The number of aryl methyl sites for hydroxylation is 1. The number of hydrogen-bond acceptors (Lipinski definition) is 2. The Hall–Kier alpha value is -1.02. The first-order valence-corrected chi connectivity index (χ1v) is 5.64. The van der Waals surface area contributed by atoms with E-state index < -0.39 is 0 Å². The summed E-state index contributed by atoms with van der Waals surface area (Å²) in [6.07, 6.45) is 3.50. The van der Waals surface area contributed by atoms with E-state index in [2.05, 4.69) is 30.4 Å². The van der Waals surface area contributed by atoms with Gasteiger partial charge in [-0.2, -0.15) is 0 Å². The van der Waals surface area contributed by atoms with Crippen molar-refractivity contribution in [3.8, 4) is 5.75 Å². The van der Waals surface area contributed by atoms with Crippen molar-refractivity contribution in [2.24, 2.45) is 0 Å². The van der Waals surface area contributed by atoms with Crippen molar-refractivity contribution >= 4 is 0 Å². The fraction of sp³-hybridized carbons (Fsp3) is 0.462. The summed E-state index contributed by atoms with van der Waals surface area (Å²) in [7, 11) is 0. The zero-order valence-corrected chi connectivity index (χ0v) is 9.04. The van der Waals surface area contributed by atoms with Crippen LogP contribution in [0.2, 0.25) is 0 Å². The van der Waals surface area contributed by atoms with Crippen LogP contribution in [0, 0.1) is 6.92 Å². The molecule has 0 aromatic heterocycles. The molecular formula is C13H18NO. The predicted molar refractivity (Wildman–Crippen MR) is 62.0 cm³/mol. The van der Waals surface area contributed by atoms with Crippen LogP contribution < -0.4 is 10.1 Å². The maximum Gasteiger partial charge on any atom is 0.122 e. The number of nitrogens with one attached hydrogen (secondary N) is 1. The van der Waals surface area contributed by atoms with E-state index in [-0.39, 0.29) is 0 Å². The lowest BCUT2D eigenvalue weighted by molar-refractivity contribution is 0.171. The molecule has 0 unspecified atom stereocenters. The Labute approximate surface area is 91.6 Å². The molecular weight excluding hydrogens is 186 g/mol. The van der Waals surface area contributed by atoms with Gasteiger partial charge in [0.15, 0.2) is 0 Å². The number of para-hydroxylation sites is 1. The number of hydrogen-bond donors (Lipinski definition) is 1. The van der Waals surface area contributed by atoms with E-state index in [4.69, 9.17) is 4.74 Å². The summed E-state index contributed by atoms with van der Waals surface area (Å²) in [6, 6.07) is 8.31. The molecule has 15 heavy (non-hydrogen) atoms. The zero-order valence-electron chi connectivity index (χ0n) is 9.04. The van der Waals surface area contributed by atoms with Crippen molar-refractivity contribution in [1.82, 2.24) is 5.32 Å². The van der Waals surface area contributed by atoms with Gasteiger partial charge in [0.25, 0.3) is 0 Å². The molecule has 1 aliphatic heterocycles. The summed E-state index contributed by atoms with van der Waals surface area (Å²) >= 11 is 0. The van der Waals surface area contributed by atoms with Crippen LogP contribution in [0.4, 0.5) is 0 Å². The van der Waals surface area contributed by atoms with Crippen LogP contribution in [0.3, 0.4) is 0 Å². The topological polar surface area (TPSA) is 21.3 Å². The summed E-state index contributed by atoms with van der Waals surface area (Å²) in [5.41, 5.74) is 1.34. The lowest BCUT2D eigenvalue weighted by Crippen LogP contribution is -2.34. The van der Waals surface area contributed by atoms with E-state index >= 15 is 0 Å². The molecule has 0 fully saturated rings. The predicted octanol–water partition coefficient (Wildman–Crippen LogP) is 2.19. The minimum atomic E-state index is 0.325. The average Bonchev–Trinajstić information content (AvgIpc) is 2.29. The van der Waals surface area contributed by atoms with Crippen LogP contribution in [-0.4, -0.2) is 19.2 Å². The molecule has 81 valence electrons. The second kappa shape index (κ2) is 5.17. The van der Waals surface area contributed by atoms with Crippen molar-refractivity contribution in [2.45, 2.75) is 25.4 Å². The van der Waals surface area contributed by atoms with Gasteiger partial charge in [0, 0.05) is 6.54 Å². The highest BCUT2D eigenvalue weighted by atomic mass is 16.5. The fourth-order valence-corrected chi connectivity index (χ4v) is 1.91. The average molecular weight is 204 g/mol. The van der Waals surface area contributed by atoms with Gasteiger partial charge < -0.3 is 10.1 Å². The summed E-state index contributed by atoms with van der Waals surface area (Å²) in [5, 5.41) is 3.35. The zero-order chi connectivity index (χ0) is 10.5. The Morgan fingerprint density at radius 3 is 3.13 bits per heavy atom. The molecule has 1 aromatic carbocycles. The van der Waals surface area contributed by atoms with Crippen molar-refractivity contribution in [2.75, 3.05) is 13.1 Å². The Balaban J connectivity index is 1.88. The third kappa shape index (κ3) is 2.72. The SMILES string of the molecule is [CH2]CCNC[C@H]1CCc2ccccc2O1. The second-order valence-electron chi connectivity index (χ2n) is 3.94. The number of rotatable bonds is 4. The lowest BCUT2D eigenvalue weighted by atomic mass is 10.0. The molecule has 0 amide bonds. The third-order valence-corrected chi connectivity index (χ3v) is 2.73. The van der Waals surface area contributed by atoms with E-state index in [1.807, 2.05) is 6.07 Å². The number of ether oxygens (including phenoxy) is 1. The maximum atomic E-state index is 5.90. The van der Waals surface area contributed by atoms with Crippen LogP contribution >= 0.6 is 0 Å². The van der Waals surface area contributed by atoms with Crippen LogP contribution in [0.15, 0.2) is 24.3 Å². The Morgan fingerprint density at radius 2 is 2.27 bits per heavy atom. The molecule has 0 bridgehead atoms. The largest absolute Gasteiger partial charge is 0.489 e. The fourth-order valence-electron chi connectivity index (χ4n) is 1.91. The van der Waals surface area contributed by atoms with Crippen LogP contribution in [0.1, 0.15) is 18.4 Å². The van der Waals surface area contributed by atoms with Gasteiger partial charge in [-0.15, -0.1) is 0 Å². The molecule has 2 nitrogen and oxygen atoms in total. The molecule has 1 aliphatic rings. The Morgan fingerprint density at radius 1 is 1.40 bits per heavy atom. The first-order valence-electron chi connectivity index (χ1n) is 5.64. The molecule has 0 saturated heterocycles. The van der Waals surface area contributed by atoms with Crippen LogP contribution in [-0.2, 0) is 6.42 Å². The molecule has 1 N–H and O–H groups in total. The van der Waals surface area contributed by atoms with Crippen molar-refractivity contribution < 1.29 is 4.74 Å². The number of fused-ring (bicyclic) bond motifs is 1. The normalized spacial score (nSPS) is 19.4. The first kappa shape index (κ1) is 10.5. The van der Waals surface area contributed by atoms with Gasteiger partial charge in [0.05, 0.1) is 0 Å². The van der Waals surface area contributed by atoms with Crippen LogP contribution in [0.5, 0.6) is 5.75 Å². The maximum absolute atomic E-state index is 5.90. The molecule has 1 atom stereocenters. The summed E-state index contributed by atoms with van der Waals surface area (Å²) in [4.78, 5) is 0. The monoisotopic (exact) mass is 204 g/mol. The van der Waals surface area contributed by atoms with E-state index in [1.54, 1.807) is 0 Å².